The van der Waals surface area contributed by atoms with Crippen LogP contribution >= 0.6 is 0 Å². The Kier molecular flexibility index (Phi) is 4.32. The summed E-state index contributed by atoms with van der Waals surface area (Å²) in [7, 11) is 0. The van der Waals surface area contributed by atoms with Crippen molar-refractivity contribution in [3.8, 4) is 11.8 Å². The van der Waals surface area contributed by atoms with Gasteiger partial charge in [0.15, 0.2) is 0 Å². The van der Waals surface area contributed by atoms with E-state index in [1.807, 2.05) is 48.9 Å². The zero-order valence-electron chi connectivity index (χ0n) is 16.4. The molecule has 0 unspecified atom stereocenters. The van der Waals surface area contributed by atoms with E-state index in [0.29, 0.717) is 11.4 Å². The predicted molar refractivity (Wildman–Crippen MR) is 112 cm³/mol. The van der Waals surface area contributed by atoms with Crippen molar-refractivity contribution in [2.75, 3.05) is 0 Å². The van der Waals surface area contributed by atoms with Gasteiger partial charge in [0.05, 0.1) is 28.0 Å². The number of nitrogens with one attached hydrogen (secondary N) is 1. The molecule has 0 amide bonds. The van der Waals surface area contributed by atoms with E-state index in [1.165, 1.54) is 11.1 Å². The fourth-order valence-corrected chi connectivity index (χ4v) is 3.35. The molecule has 0 atom stereocenters. The molecule has 2 heterocycles. The van der Waals surface area contributed by atoms with Crippen molar-refractivity contribution in [2.45, 2.75) is 27.7 Å². The zero-order valence-corrected chi connectivity index (χ0v) is 16.4. The maximum absolute atomic E-state index is 9.73. The van der Waals surface area contributed by atoms with Gasteiger partial charge >= 0.3 is 0 Å². The van der Waals surface area contributed by atoms with Crippen LogP contribution in [0.15, 0.2) is 42.5 Å². The number of benzene rings is 2. The minimum Gasteiger partial charge on any atom is -0.337 e. The van der Waals surface area contributed by atoms with Gasteiger partial charge in [0.25, 0.3) is 0 Å². The predicted octanol–water partition coefficient (Wildman–Crippen LogP) is 5.05. The molecule has 0 aliphatic rings. The minimum absolute atomic E-state index is 0.488. The fraction of sp³-hybridized carbons (Fsp3) is 0.174. The molecule has 2 aromatic carbocycles. The number of hydrogen-bond donors (Lipinski definition) is 1. The lowest BCUT2D eigenvalue weighted by molar-refractivity contribution is 0.832. The number of aromatic amines is 1. The molecule has 1 N–H and O–H groups in total. The van der Waals surface area contributed by atoms with Crippen molar-refractivity contribution in [1.82, 2.24) is 19.7 Å². The van der Waals surface area contributed by atoms with Crippen LogP contribution in [-0.4, -0.2) is 19.7 Å². The quantitative estimate of drug-likeness (QED) is 0.515. The number of nitriles is 1. The van der Waals surface area contributed by atoms with Gasteiger partial charge in [-0.15, -0.1) is 0 Å². The lowest BCUT2D eigenvalue weighted by Crippen LogP contribution is -2.00. The largest absolute Gasteiger partial charge is 0.337 e. The summed E-state index contributed by atoms with van der Waals surface area (Å²) in [4.78, 5) is 7.78. The van der Waals surface area contributed by atoms with Crippen molar-refractivity contribution in [2.24, 2.45) is 0 Å². The van der Waals surface area contributed by atoms with Crippen LogP contribution in [0.3, 0.4) is 0 Å². The van der Waals surface area contributed by atoms with Crippen molar-refractivity contribution in [1.29, 1.82) is 5.26 Å². The van der Waals surface area contributed by atoms with E-state index in [-0.39, 0.29) is 0 Å². The molecule has 28 heavy (non-hydrogen) atoms. The number of imidazole rings is 1. The monoisotopic (exact) mass is 367 g/mol. The van der Waals surface area contributed by atoms with Gasteiger partial charge in [-0.25, -0.2) is 9.67 Å². The number of nitrogens with zero attached hydrogens (tertiary/aromatic N) is 4. The Hall–Kier alpha value is -3.65. The Bertz CT molecular complexity index is 1230. The Morgan fingerprint density at radius 3 is 2.57 bits per heavy atom. The number of H-pyrrole nitrogens is 1. The molecule has 5 heteroatoms. The second-order valence-corrected chi connectivity index (χ2v) is 7.04. The summed E-state index contributed by atoms with van der Waals surface area (Å²) in [6.45, 7) is 8.18. The number of aryl methyl sites for hydroxylation is 3. The first-order valence-corrected chi connectivity index (χ1v) is 9.18. The van der Waals surface area contributed by atoms with E-state index in [0.717, 1.165) is 33.7 Å². The Balaban J connectivity index is 1.81. The van der Waals surface area contributed by atoms with Crippen LogP contribution in [0, 0.1) is 39.0 Å². The van der Waals surface area contributed by atoms with Crippen LogP contribution < -0.4 is 0 Å². The third kappa shape index (κ3) is 2.99. The number of rotatable bonds is 3. The normalized spacial score (nSPS) is 11.8. The van der Waals surface area contributed by atoms with Crippen LogP contribution in [0.4, 0.5) is 0 Å². The molecule has 0 saturated heterocycles. The number of allylic oxidation sites excluding steroid dienone is 1. The molecule has 4 rings (SSSR count). The van der Waals surface area contributed by atoms with Crippen LogP contribution in [-0.2, 0) is 0 Å². The number of hydrogen-bond acceptors (Lipinski definition) is 3. The molecule has 0 bridgehead atoms. The topological polar surface area (TPSA) is 70.3 Å². The molecule has 0 spiro atoms. The highest BCUT2D eigenvalue weighted by Gasteiger charge is 2.15. The van der Waals surface area contributed by atoms with Crippen molar-refractivity contribution in [3.05, 3.63) is 76.4 Å². The summed E-state index contributed by atoms with van der Waals surface area (Å²) in [5, 5.41) is 14.4. The lowest BCUT2D eigenvalue weighted by Gasteiger charge is -2.07. The molecule has 0 fully saturated rings. The van der Waals surface area contributed by atoms with E-state index in [9.17, 15) is 5.26 Å². The maximum Gasteiger partial charge on any atom is 0.149 e. The van der Waals surface area contributed by atoms with Gasteiger partial charge in [-0.2, -0.15) is 10.4 Å². The van der Waals surface area contributed by atoms with Gasteiger partial charge < -0.3 is 4.98 Å². The van der Waals surface area contributed by atoms with Crippen molar-refractivity contribution < 1.29 is 0 Å². The highest BCUT2D eigenvalue weighted by atomic mass is 15.3. The maximum atomic E-state index is 9.73. The molecule has 0 saturated carbocycles. The highest BCUT2D eigenvalue weighted by molar-refractivity contribution is 5.91. The van der Waals surface area contributed by atoms with Gasteiger partial charge in [-0.05, 0) is 69.2 Å². The Morgan fingerprint density at radius 1 is 1.07 bits per heavy atom. The number of fused-ring (bicyclic) bond motifs is 1. The van der Waals surface area contributed by atoms with Crippen LogP contribution in [0.25, 0.3) is 28.4 Å². The zero-order chi connectivity index (χ0) is 19.8. The van der Waals surface area contributed by atoms with Crippen LogP contribution in [0.1, 0.15) is 33.9 Å². The Labute approximate surface area is 164 Å². The van der Waals surface area contributed by atoms with E-state index in [4.69, 9.17) is 5.10 Å². The van der Waals surface area contributed by atoms with E-state index in [2.05, 4.69) is 48.1 Å². The first-order chi connectivity index (χ1) is 13.5. The molecular formula is C23H21N5. The SMILES string of the molecule is Cc1ccc(-n2nc(C)c(C=C(C#N)c3nc4ccccc4[nH]3)c2C)cc1C. The van der Waals surface area contributed by atoms with Crippen LogP contribution in [0.2, 0.25) is 0 Å². The molecule has 138 valence electrons. The third-order valence-electron chi connectivity index (χ3n) is 5.14. The van der Waals surface area contributed by atoms with Gasteiger partial charge in [-0.1, -0.05) is 18.2 Å². The first kappa shape index (κ1) is 17.7. The Morgan fingerprint density at radius 2 is 1.86 bits per heavy atom. The molecule has 2 aromatic heterocycles. The molecule has 0 aliphatic carbocycles. The van der Waals surface area contributed by atoms with Gasteiger partial charge in [0.1, 0.15) is 11.9 Å². The number of para-hydroxylation sites is 2. The average molecular weight is 367 g/mol. The van der Waals surface area contributed by atoms with Gasteiger partial charge in [-0.3, -0.25) is 0 Å². The second-order valence-electron chi connectivity index (χ2n) is 7.04. The standard InChI is InChI=1S/C23H21N5/c1-14-9-10-19(11-15(14)2)28-17(4)20(16(3)27-28)12-18(13-24)23-25-21-7-5-6-8-22(21)26-23/h5-12H,1-4H3,(H,25,26). The number of aromatic nitrogens is 4. The summed E-state index contributed by atoms with van der Waals surface area (Å²) in [6.07, 6.45) is 1.87. The highest BCUT2D eigenvalue weighted by Crippen LogP contribution is 2.25. The molecular weight excluding hydrogens is 346 g/mol. The van der Waals surface area contributed by atoms with Gasteiger partial charge in [0.2, 0.25) is 0 Å². The fourth-order valence-electron chi connectivity index (χ4n) is 3.35. The van der Waals surface area contributed by atoms with Gasteiger partial charge in [0, 0.05) is 11.3 Å². The second kappa shape index (κ2) is 6.82. The first-order valence-electron chi connectivity index (χ1n) is 9.18. The molecule has 5 nitrogen and oxygen atoms in total. The summed E-state index contributed by atoms with van der Waals surface area (Å²) in [5.41, 5.74) is 8.55. The summed E-state index contributed by atoms with van der Waals surface area (Å²) in [6, 6.07) is 16.3. The summed E-state index contributed by atoms with van der Waals surface area (Å²) >= 11 is 0. The van der Waals surface area contributed by atoms with Crippen molar-refractivity contribution >= 4 is 22.7 Å². The van der Waals surface area contributed by atoms with Crippen LogP contribution in [0.5, 0.6) is 0 Å². The summed E-state index contributed by atoms with van der Waals surface area (Å²) in [5.74, 6) is 0.571. The van der Waals surface area contributed by atoms with Crippen molar-refractivity contribution in [3.63, 3.8) is 0 Å². The lowest BCUT2D eigenvalue weighted by atomic mass is 10.1. The smallest absolute Gasteiger partial charge is 0.149 e. The van der Waals surface area contributed by atoms with E-state index in [1.54, 1.807) is 0 Å². The molecule has 0 aliphatic heterocycles. The summed E-state index contributed by atoms with van der Waals surface area (Å²) < 4.78 is 1.93. The molecule has 0 radical (unpaired) electrons. The van der Waals surface area contributed by atoms with E-state index < -0.39 is 0 Å². The average Bonchev–Trinajstić information content (AvgIpc) is 3.23. The molecule has 4 aromatic rings. The minimum atomic E-state index is 0.488. The third-order valence-corrected chi connectivity index (χ3v) is 5.14. The van der Waals surface area contributed by atoms with E-state index >= 15 is 0 Å².